The van der Waals surface area contributed by atoms with Gasteiger partial charge in [-0.1, -0.05) is 11.6 Å². The Bertz CT molecular complexity index is 947. The van der Waals surface area contributed by atoms with E-state index in [0.29, 0.717) is 0 Å². The standard InChI is InChI=1S/C19H19ClN2O7/c1-4-27-19(25)15-9(2)29-18(22)12(7-21)16(15)11-5-10(20)6-13(26-3)17(11)28-8-14(23)24/h5-6,16H,4,8,22H2,1-3H3,(H,23,24). The van der Waals surface area contributed by atoms with Crippen LogP contribution in [0.2, 0.25) is 5.02 Å². The molecule has 1 aliphatic rings. The summed E-state index contributed by atoms with van der Waals surface area (Å²) in [4.78, 5) is 23.7. The summed E-state index contributed by atoms with van der Waals surface area (Å²) in [5.41, 5.74) is 6.02. The van der Waals surface area contributed by atoms with Crippen LogP contribution in [0.1, 0.15) is 25.3 Å². The highest BCUT2D eigenvalue weighted by Gasteiger charge is 2.39. The predicted molar refractivity (Wildman–Crippen MR) is 101 cm³/mol. The number of benzene rings is 1. The van der Waals surface area contributed by atoms with Crippen molar-refractivity contribution in [3.8, 4) is 17.6 Å². The number of carbonyl (C=O) groups excluding carboxylic acids is 1. The molecule has 0 amide bonds. The number of nitriles is 1. The highest BCUT2D eigenvalue weighted by Crippen LogP contribution is 2.47. The number of carbonyl (C=O) groups is 2. The molecular weight excluding hydrogens is 404 g/mol. The van der Waals surface area contributed by atoms with E-state index in [0.717, 1.165) is 0 Å². The highest BCUT2D eigenvalue weighted by atomic mass is 35.5. The van der Waals surface area contributed by atoms with Crippen molar-refractivity contribution < 1.29 is 33.6 Å². The van der Waals surface area contributed by atoms with E-state index >= 15 is 0 Å². The molecule has 29 heavy (non-hydrogen) atoms. The third-order valence-corrected chi connectivity index (χ3v) is 4.24. The van der Waals surface area contributed by atoms with Crippen molar-refractivity contribution in [3.63, 3.8) is 0 Å². The van der Waals surface area contributed by atoms with Crippen LogP contribution in [-0.2, 0) is 19.1 Å². The van der Waals surface area contributed by atoms with Crippen LogP contribution < -0.4 is 15.2 Å². The Morgan fingerprint density at radius 2 is 2.10 bits per heavy atom. The maximum atomic E-state index is 12.6. The molecule has 1 aliphatic heterocycles. The number of aliphatic carboxylic acids is 1. The molecule has 0 saturated carbocycles. The van der Waals surface area contributed by atoms with E-state index < -0.39 is 24.5 Å². The van der Waals surface area contributed by atoms with Crippen molar-refractivity contribution in [1.29, 1.82) is 5.26 Å². The number of allylic oxidation sites excluding steroid dienone is 2. The van der Waals surface area contributed by atoms with Crippen LogP contribution in [-0.4, -0.2) is 37.4 Å². The zero-order chi connectivity index (χ0) is 21.7. The first kappa shape index (κ1) is 21.9. The quantitative estimate of drug-likeness (QED) is 0.633. The summed E-state index contributed by atoms with van der Waals surface area (Å²) in [6, 6.07) is 4.79. The van der Waals surface area contributed by atoms with Crippen LogP contribution in [0, 0.1) is 11.3 Å². The Labute approximate surface area is 171 Å². The minimum absolute atomic E-state index is 0.00125. The van der Waals surface area contributed by atoms with Crippen molar-refractivity contribution in [2.24, 2.45) is 5.73 Å². The summed E-state index contributed by atoms with van der Waals surface area (Å²) >= 11 is 6.19. The minimum atomic E-state index is -1.23. The number of methoxy groups -OCH3 is 1. The van der Waals surface area contributed by atoms with Crippen molar-refractivity contribution >= 4 is 23.5 Å². The lowest BCUT2D eigenvalue weighted by Gasteiger charge is -2.28. The average molecular weight is 423 g/mol. The van der Waals surface area contributed by atoms with Gasteiger partial charge in [0.05, 0.1) is 25.2 Å². The second-order valence-electron chi connectivity index (χ2n) is 5.82. The highest BCUT2D eigenvalue weighted by molar-refractivity contribution is 6.30. The molecule has 0 radical (unpaired) electrons. The summed E-state index contributed by atoms with van der Waals surface area (Å²) in [7, 11) is 1.34. The number of carboxylic acid groups (broad SMARTS) is 1. The molecule has 1 atom stereocenters. The fourth-order valence-corrected chi connectivity index (χ4v) is 3.13. The normalized spacial score (nSPS) is 16.0. The number of hydrogen-bond donors (Lipinski definition) is 2. The molecule has 9 nitrogen and oxygen atoms in total. The maximum Gasteiger partial charge on any atom is 0.341 e. The van der Waals surface area contributed by atoms with E-state index in [9.17, 15) is 14.9 Å². The van der Waals surface area contributed by atoms with Gasteiger partial charge in [-0.15, -0.1) is 0 Å². The first-order valence-electron chi connectivity index (χ1n) is 8.42. The molecule has 0 saturated heterocycles. The lowest BCUT2D eigenvalue weighted by atomic mass is 9.82. The number of nitrogens with two attached hydrogens (primary N) is 1. The van der Waals surface area contributed by atoms with E-state index in [1.807, 2.05) is 6.07 Å². The predicted octanol–water partition coefficient (Wildman–Crippen LogP) is 2.46. The summed E-state index contributed by atoms with van der Waals surface area (Å²) in [5, 5.41) is 18.9. The van der Waals surface area contributed by atoms with Crippen molar-refractivity contribution in [1.82, 2.24) is 0 Å². The molecule has 154 valence electrons. The molecule has 1 heterocycles. The number of nitrogens with zero attached hydrogens (tertiary/aromatic N) is 1. The van der Waals surface area contributed by atoms with Gasteiger partial charge in [0, 0.05) is 16.7 Å². The number of carboxylic acids is 1. The van der Waals surface area contributed by atoms with E-state index in [4.69, 9.17) is 41.4 Å². The van der Waals surface area contributed by atoms with Crippen LogP contribution in [0.25, 0.3) is 0 Å². The van der Waals surface area contributed by atoms with Gasteiger partial charge in [-0.2, -0.15) is 5.26 Å². The van der Waals surface area contributed by atoms with Gasteiger partial charge >= 0.3 is 11.9 Å². The molecule has 0 fully saturated rings. The van der Waals surface area contributed by atoms with Gasteiger partial charge in [-0.3, -0.25) is 0 Å². The van der Waals surface area contributed by atoms with Crippen molar-refractivity contribution in [3.05, 3.63) is 45.5 Å². The largest absolute Gasteiger partial charge is 0.493 e. The molecule has 1 aromatic rings. The van der Waals surface area contributed by atoms with E-state index in [-0.39, 0.29) is 51.5 Å². The average Bonchev–Trinajstić information content (AvgIpc) is 2.65. The molecule has 0 aliphatic carbocycles. The van der Waals surface area contributed by atoms with E-state index in [1.54, 1.807) is 6.92 Å². The van der Waals surface area contributed by atoms with Crippen LogP contribution >= 0.6 is 11.6 Å². The first-order valence-corrected chi connectivity index (χ1v) is 8.80. The lowest BCUT2D eigenvalue weighted by Crippen LogP contribution is -2.26. The van der Waals surface area contributed by atoms with Gasteiger partial charge in [-0.05, 0) is 19.9 Å². The third-order valence-electron chi connectivity index (χ3n) is 4.02. The zero-order valence-corrected chi connectivity index (χ0v) is 16.7. The molecule has 0 bridgehead atoms. The molecule has 1 unspecified atom stereocenters. The van der Waals surface area contributed by atoms with Gasteiger partial charge in [0.25, 0.3) is 0 Å². The topological polar surface area (TPSA) is 141 Å². The second-order valence-corrected chi connectivity index (χ2v) is 6.26. The molecule has 0 aromatic heterocycles. The fraction of sp³-hybridized carbons (Fsp3) is 0.316. The number of halogens is 1. The van der Waals surface area contributed by atoms with Gasteiger partial charge < -0.3 is 29.8 Å². The summed E-state index contributed by atoms with van der Waals surface area (Å²) in [5.74, 6) is -2.96. The van der Waals surface area contributed by atoms with Crippen LogP contribution in [0.15, 0.2) is 34.9 Å². The molecule has 10 heteroatoms. The Kier molecular flexibility index (Phi) is 6.96. The van der Waals surface area contributed by atoms with Crippen LogP contribution in [0.3, 0.4) is 0 Å². The second kappa shape index (κ2) is 9.21. The Morgan fingerprint density at radius 1 is 1.41 bits per heavy atom. The summed E-state index contributed by atoms with van der Waals surface area (Å²) < 4.78 is 21.1. The SMILES string of the molecule is CCOC(=O)C1=C(C)OC(N)=C(C#N)C1c1cc(Cl)cc(OC)c1OCC(=O)O. The number of ether oxygens (including phenoxy) is 4. The van der Waals surface area contributed by atoms with Gasteiger partial charge in [-0.25, -0.2) is 9.59 Å². The van der Waals surface area contributed by atoms with Crippen LogP contribution in [0.5, 0.6) is 11.5 Å². The van der Waals surface area contributed by atoms with Gasteiger partial charge in [0.2, 0.25) is 5.88 Å². The molecular formula is C19H19ClN2O7. The Balaban J connectivity index is 2.79. The summed E-state index contributed by atoms with van der Waals surface area (Å²) in [6.45, 7) is 2.53. The third kappa shape index (κ3) is 4.55. The van der Waals surface area contributed by atoms with Crippen molar-refractivity contribution in [2.45, 2.75) is 19.8 Å². The number of esters is 1. The smallest absolute Gasteiger partial charge is 0.341 e. The van der Waals surface area contributed by atoms with E-state index in [1.165, 1.54) is 26.2 Å². The fourth-order valence-electron chi connectivity index (χ4n) is 2.91. The molecule has 0 spiro atoms. The number of hydrogen-bond acceptors (Lipinski definition) is 8. The first-order chi connectivity index (χ1) is 13.7. The van der Waals surface area contributed by atoms with Gasteiger partial charge in [0.1, 0.15) is 17.4 Å². The Morgan fingerprint density at radius 3 is 2.66 bits per heavy atom. The molecule has 3 N–H and O–H groups in total. The monoisotopic (exact) mass is 422 g/mol. The zero-order valence-electron chi connectivity index (χ0n) is 15.9. The van der Waals surface area contributed by atoms with Crippen molar-refractivity contribution in [2.75, 3.05) is 20.3 Å². The Hall–Kier alpha value is -3.38. The lowest BCUT2D eigenvalue weighted by molar-refractivity contribution is -0.140. The maximum absolute atomic E-state index is 12.6. The molecule has 2 rings (SSSR count). The van der Waals surface area contributed by atoms with Crippen LogP contribution in [0.4, 0.5) is 0 Å². The number of rotatable bonds is 7. The summed E-state index contributed by atoms with van der Waals surface area (Å²) in [6.07, 6.45) is 0. The minimum Gasteiger partial charge on any atom is -0.493 e. The van der Waals surface area contributed by atoms with E-state index in [2.05, 4.69) is 0 Å². The van der Waals surface area contributed by atoms with Gasteiger partial charge in [0.15, 0.2) is 18.1 Å². The molecule has 1 aromatic carbocycles.